The van der Waals surface area contributed by atoms with E-state index in [1.165, 1.54) is 6.07 Å². The van der Waals surface area contributed by atoms with Gasteiger partial charge in [-0.1, -0.05) is 0 Å². The molecule has 1 aliphatic rings. The minimum absolute atomic E-state index is 0.105. The Morgan fingerprint density at radius 1 is 1.25 bits per heavy atom. The predicted octanol–water partition coefficient (Wildman–Crippen LogP) is 1.72. The minimum atomic E-state index is -4.51. The SMILES string of the molecule is O=Cc1ccc(N2CCn3c(nnc3C(F)(F)F)C2)o1. The molecule has 3 rings (SSSR count). The van der Waals surface area contributed by atoms with Gasteiger partial charge in [-0.15, -0.1) is 10.2 Å². The van der Waals surface area contributed by atoms with E-state index < -0.39 is 12.0 Å². The topological polar surface area (TPSA) is 64.2 Å². The van der Waals surface area contributed by atoms with Gasteiger partial charge in [-0.3, -0.25) is 4.79 Å². The molecule has 0 saturated heterocycles. The first-order chi connectivity index (χ1) is 9.49. The number of aromatic nitrogens is 3. The van der Waals surface area contributed by atoms with Crippen LogP contribution in [0, 0.1) is 0 Å². The number of fused-ring (bicyclic) bond motifs is 1. The summed E-state index contributed by atoms with van der Waals surface area (Å²) in [6, 6.07) is 3.10. The average Bonchev–Trinajstić information content (AvgIpc) is 3.03. The average molecular weight is 286 g/mol. The number of hydrogen-bond acceptors (Lipinski definition) is 5. The van der Waals surface area contributed by atoms with Crippen molar-refractivity contribution in [1.82, 2.24) is 14.8 Å². The van der Waals surface area contributed by atoms with Gasteiger partial charge in [0.05, 0.1) is 6.54 Å². The van der Waals surface area contributed by atoms with Crippen LogP contribution in [0.4, 0.5) is 19.1 Å². The first kappa shape index (κ1) is 12.7. The van der Waals surface area contributed by atoms with Gasteiger partial charge < -0.3 is 13.9 Å². The van der Waals surface area contributed by atoms with E-state index in [1.54, 1.807) is 11.0 Å². The van der Waals surface area contributed by atoms with Crippen molar-refractivity contribution < 1.29 is 22.4 Å². The van der Waals surface area contributed by atoms with E-state index in [0.717, 1.165) is 4.57 Å². The van der Waals surface area contributed by atoms with Gasteiger partial charge in [-0.2, -0.15) is 13.2 Å². The number of furan rings is 1. The molecule has 0 amide bonds. The first-order valence-corrected chi connectivity index (χ1v) is 5.78. The molecule has 0 unspecified atom stereocenters. The second kappa shape index (κ2) is 4.36. The molecular weight excluding hydrogens is 277 g/mol. The highest BCUT2D eigenvalue weighted by Gasteiger charge is 2.39. The standard InChI is InChI=1S/C11H9F3N4O2/c12-11(13,14)10-16-15-8-5-17(3-4-18(8)10)9-2-1-7(6-19)20-9/h1-2,6H,3-5H2. The van der Waals surface area contributed by atoms with Crippen LogP contribution in [0.5, 0.6) is 0 Å². The molecule has 2 aromatic rings. The number of hydrogen-bond donors (Lipinski definition) is 0. The maximum Gasteiger partial charge on any atom is 0.451 e. The summed E-state index contributed by atoms with van der Waals surface area (Å²) in [5.41, 5.74) is 0. The summed E-state index contributed by atoms with van der Waals surface area (Å²) in [6.45, 7) is 0.573. The summed E-state index contributed by atoms with van der Waals surface area (Å²) in [6.07, 6.45) is -3.94. The van der Waals surface area contributed by atoms with Gasteiger partial charge in [-0.05, 0) is 6.07 Å². The number of anilines is 1. The molecular formula is C11H9F3N4O2. The zero-order chi connectivity index (χ0) is 14.3. The number of rotatable bonds is 2. The number of aldehydes is 1. The van der Waals surface area contributed by atoms with Crippen molar-refractivity contribution in [2.75, 3.05) is 11.4 Å². The van der Waals surface area contributed by atoms with Gasteiger partial charge in [-0.25, -0.2) is 0 Å². The molecule has 2 aromatic heterocycles. The Hall–Kier alpha value is -2.32. The number of alkyl halides is 3. The van der Waals surface area contributed by atoms with Crippen LogP contribution in [0.25, 0.3) is 0 Å². The van der Waals surface area contributed by atoms with Crippen molar-refractivity contribution in [2.45, 2.75) is 19.3 Å². The normalized spacial score (nSPS) is 15.2. The minimum Gasteiger partial charge on any atom is -0.438 e. The van der Waals surface area contributed by atoms with Gasteiger partial charge in [0, 0.05) is 19.2 Å². The maximum absolute atomic E-state index is 12.7. The highest BCUT2D eigenvalue weighted by Crippen LogP contribution is 2.30. The van der Waals surface area contributed by atoms with Crippen LogP contribution in [0.3, 0.4) is 0 Å². The van der Waals surface area contributed by atoms with Gasteiger partial charge in [0.2, 0.25) is 5.82 Å². The number of carbonyl (C=O) groups is 1. The Labute approximate surface area is 110 Å². The van der Waals surface area contributed by atoms with Crippen LogP contribution >= 0.6 is 0 Å². The van der Waals surface area contributed by atoms with Gasteiger partial charge >= 0.3 is 6.18 Å². The van der Waals surface area contributed by atoms with Crippen molar-refractivity contribution >= 4 is 12.2 Å². The first-order valence-electron chi connectivity index (χ1n) is 5.78. The van der Waals surface area contributed by atoms with E-state index in [9.17, 15) is 18.0 Å². The van der Waals surface area contributed by atoms with Gasteiger partial charge in [0.15, 0.2) is 23.8 Å². The van der Waals surface area contributed by atoms with Crippen LogP contribution < -0.4 is 4.90 Å². The predicted molar refractivity (Wildman–Crippen MR) is 60.2 cm³/mol. The van der Waals surface area contributed by atoms with Crippen LogP contribution in [0.2, 0.25) is 0 Å². The molecule has 0 radical (unpaired) electrons. The van der Waals surface area contributed by atoms with Gasteiger partial charge in [0.25, 0.3) is 0 Å². The molecule has 0 atom stereocenters. The lowest BCUT2D eigenvalue weighted by molar-refractivity contribution is -0.147. The fraction of sp³-hybridized carbons (Fsp3) is 0.364. The third kappa shape index (κ3) is 2.04. The lowest BCUT2D eigenvalue weighted by Gasteiger charge is -2.27. The smallest absolute Gasteiger partial charge is 0.438 e. The Morgan fingerprint density at radius 3 is 2.70 bits per heavy atom. The van der Waals surface area contributed by atoms with Crippen LogP contribution in [0.1, 0.15) is 22.2 Å². The Kier molecular flexibility index (Phi) is 2.77. The summed E-state index contributed by atoms with van der Waals surface area (Å²) >= 11 is 0. The molecule has 0 aliphatic carbocycles. The summed E-state index contributed by atoms with van der Waals surface area (Å²) in [5.74, 6) is -0.175. The zero-order valence-electron chi connectivity index (χ0n) is 10.1. The van der Waals surface area contributed by atoms with Crippen LogP contribution in [-0.2, 0) is 19.3 Å². The second-order valence-electron chi connectivity index (χ2n) is 4.30. The third-order valence-electron chi connectivity index (χ3n) is 3.05. The fourth-order valence-electron chi connectivity index (χ4n) is 2.13. The van der Waals surface area contributed by atoms with Crippen LogP contribution in [0.15, 0.2) is 16.5 Å². The van der Waals surface area contributed by atoms with E-state index >= 15 is 0 Å². The molecule has 0 N–H and O–H groups in total. The Morgan fingerprint density at radius 2 is 2.05 bits per heavy atom. The molecule has 0 bridgehead atoms. The highest BCUT2D eigenvalue weighted by atomic mass is 19.4. The van der Waals surface area contributed by atoms with Crippen LogP contribution in [-0.4, -0.2) is 27.6 Å². The molecule has 106 valence electrons. The number of carbonyl (C=O) groups excluding carboxylic acids is 1. The highest BCUT2D eigenvalue weighted by molar-refractivity contribution is 5.71. The van der Waals surface area contributed by atoms with E-state index in [0.29, 0.717) is 18.7 Å². The van der Waals surface area contributed by atoms with E-state index in [4.69, 9.17) is 4.42 Å². The molecule has 9 heteroatoms. The molecule has 0 fully saturated rings. The lowest BCUT2D eigenvalue weighted by atomic mass is 10.3. The summed E-state index contributed by atoms with van der Waals surface area (Å²) < 4.78 is 44.3. The fourth-order valence-corrected chi connectivity index (χ4v) is 2.13. The summed E-state index contributed by atoms with van der Waals surface area (Å²) in [7, 11) is 0. The molecule has 6 nitrogen and oxygen atoms in total. The molecule has 20 heavy (non-hydrogen) atoms. The number of nitrogens with zero attached hydrogens (tertiary/aromatic N) is 4. The van der Waals surface area contributed by atoms with E-state index in [2.05, 4.69) is 10.2 Å². The number of halogens is 3. The zero-order valence-corrected chi connectivity index (χ0v) is 10.1. The van der Waals surface area contributed by atoms with Crippen molar-refractivity contribution in [3.05, 3.63) is 29.5 Å². The monoisotopic (exact) mass is 286 g/mol. The molecule has 3 heterocycles. The summed E-state index contributed by atoms with van der Waals surface area (Å²) in [5, 5.41) is 6.76. The van der Waals surface area contributed by atoms with Crippen molar-refractivity contribution in [3.8, 4) is 0 Å². The Bertz CT molecular complexity index is 646. The van der Waals surface area contributed by atoms with E-state index in [-0.39, 0.29) is 24.7 Å². The van der Waals surface area contributed by atoms with Gasteiger partial charge in [0.1, 0.15) is 0 Å². The molecule has 0 aromatic carbocycles. The summed E-state index contributed by atoms with van der Waals surface area (Å²) in [4.78, 5) is 12.3. The Balaban J connectivity index is 1.86. The molecule has 0 spiro atoms. The molecule has 0 saturated carbocycles. The largest absolute Gasteiger partial charge is 0.451 e. The van der Waals surface area contributed by atoms with Crippen molar-refractivity contribution in [1.29, 1.82) is 0 Å². The van der Waals surface area contributed by atoms with E-state index in [1.807, 2.05) is 0 Å². The third-order valence-corrected chi connectivity index (χ3v) is 3.05. The van der Waals surface area contributed by atoms with Crippen molar-refractivity contribution in [2.24, 2.45) is 0 Å². The lowest BCUT2D eigenvalue weighted by Crippen LogP contribution is -2.35. The molecule has 1 aliphatic heterocycles. The maximum atomic E-state index is 12.7. The second-order valence-corrected chi connectivity index (χ2v) is 4.30. The quantitative estimate of drug-likeness (QED) is 0.787. The van der Waals surface area contributed by atoms with Crippen molar-refractivity contribution in [3.63, 3.8) is 0 Å².